The van der Waals surface area contributed by atoms with Crippen molar-refractivity contribution in [1.82, 2.24) is 9.71 Å². The highest BCUT2D eigenvalue weighted by Gasteiger charge is 2.27. The van der Waals surface area contributed by atoms with Crippen molar-refractivity contribution in [1.29, 1.82) is 0 Å². The molecule has 0 atom stereocenters. The molecular weight excluding hydrogens is 476 g/mol. The van der Waals surface area contributed by atoms with Gasteiger partial charge in [-0.05, 0) is 31.9 Å². The third-order valence-corrected chi connectivity index (χ3v) is 6.91. The van der Waals surface area contributed by atoms with E-state index in [1.165, 1.54) is 0 Å². The first-order valence-corrected chi connectivity index (χ1v) is 13.0. The van der Waals surface area contributed by atoms with Crippen LogP contribution in [0.4, 0.5) is 10.8 Å². The fourth-order valence-corrected chi connectivity index (χ4v) is 4.84. The molecule has 1 aromatic heterocycles. The van der Waals surface area contributed by atoms with Gasteiger partial charge in [-0.25, -0.2) is 18.1 Å². The number of sulfonamides is 1. The summed E-state index contributed by atoms with van der Waals surface area (Å²) in [5, 5.41) is 4.90. The monoisotopic (exact) mass is 498 g/mol. The maximum atomic E-state index is 12.9. The second-order valence-electron chi connectivity index (χ2n) is 7.64. The lowest BCUT2D eigenvalue weighted by Gasteiger charge is -2.14. The van der Waals surface area contributed by atoms with Crippen LogP contribution in [-0.4, -0.2) is 37.3 Å². The van der Waals surface area contributed by atoms with Crippen molar-refractivity contribution in [3.05, 3.63) is 39.4 Å². The summed E-state index contributed by atoms with van der Waals surface area (Å²) in [5.41, 5.74) is 1.77. The number of halogens is 1. The summed E-state index contributed by atoms with van der Waals surface area (Å²) in [6.45, 7) is 1.71. The number of amides is 2. The summed E-state index contributed by atoms with van der Waals surface area (Å²) < 4.78 is 24.9. The predicted octanol–water partition coefficient (Wildman–Crippen LogP) is 3.10. The normalized spacial score (nSPS) is 14.3. The summed E-state index contributed by atoms with van der Waals surface area (Å²) >= 11 is 6.93. The first-order valence-electron chi connectivity index (χ1n) is 9.90. The number of thiazole rings is 1. The number of Topliss-reactive ketones (excluding diaryl/α,β-unsaturated/α-hetero) is 1. The number of nitrogens with zero attached hydrogens (tertiary/aromatic N) is 1. The minimum absolute atomic E-state index is 0.0309. The van der Waals surface area contributed by atoms with E-state index in [9.17, 15) is 22.8 Å². The quantitative estimate of drug-likeness (QED) is 0.396. The van der Waals surface area contributed by atoms with Crippen LogP contribution >= 0.6 is 22.9 Å². The number of carbonyl (C=O) groups excluding carboxylic acids is 3. The molecule has 172 valence electrons. The summed E-state index contributed by atoms with van der Waals surface area (Å²) in [5.74, 6) is -2.05. The Morgan fingerprint density at radius 2 is 1.81 bits per heavy atom. The van der Waals surface area contributed by atoms with Gasteiger partial charge >= 0.3 is 11.8 Å². The number of rotatable bonds is 7. The van der Waals surface area contributed by atoms with Crippen LogP contribution in [0, 0.1) is 12.8 Å². The molecule has 1 heterocycles. The molecule has 32 heavy (non-hydrogen) atoms. The van der Waals surface area contributed by atoms with Crippen molar-refractivity contribution in [2.45, 2.75) is 39.2 Å². The van der Waals surface area contributed by atoms with Crippen LogP contribution in [0.3, 0.4) is 0 Å². The Morgan fingerprint density at radius 1 is 1.16 bits per heavy atom. The molecule has 1 aliphatic carbocycles. The molecule has 2 aromatic rings. The molecule has 0 saturated heterocycles. The number of hydrogen-bond donors (Lipinski definition) is 3. The molecule has 0 bridgehead atoms. The highest BCUT2D eigenvalue weighted by molar-refractivity contribution is 7.88. The molecule has 1 fully saturated rings. The standard InChI is InChI=1S/C20H23ClN4O5S2/c1-11-7-8-14(13(9-11)16(26)12-5-3-4-6-12)23-18(27)19(28)25-20-24-15(17(21)31-20)10-22-32(2,29)30/h7-9,12,22H,3-6,10H2,1-2H3,(H,23,27)(H,24,25,28). The fourth-order valence-electron chi connectivity index (χ4n) is 3.41. The van der Waals surface area contributed by atoms with Crippen molar-refractivity contribution >= 4 is 61.4 Å². The third-order valence-electron chi connectivity index (χ3n) is 4.99. The number of aryl methyl sites for hydroxylation is 1. The minimum atomic E-state index is -3.44. The number of nitrogens with one attached hydrogen (secondary N) is 3. The van der Waals surface area contributed by atoms with Gasteiger partial charge in [0, 0.05) is 11.5 Å². The van der Waals surface area contributed by atoms with Gasteiger partial charge in [-0.1, -0.05) is 47.4 Å². The maximum Gasteiger partial charge on any atom is 0.315 e. The van der Waals surface area contributed by atoms with Gasteiger partial charge in [0.15, 0.2) is 10.9 Å². The topological polar surface area (TPSA) is 134 Å². The number of aromatic nitrogens is 1. The molecule has 12 heteroatoms. The fraction of sp³-hybridized carbons (Fsp3) is 0.400. The van der Waals surface area contributed by atoms with E-state index < -0.39 is 21.8 Å². The average Bonchev–Trinajstić information content (AvgIpc) is 3.36. The summed E-state index contributed by atoms with van der Waals surface area (Å²) in [7, 11) is -3.44. The third kappa shape index (κ3) is 6.35. The molecule has 3 rings (SSSR count). The number of anilines is 2. The van der Waals surface area contributed by atoms with E-state index in [0.29, 0.717) is 5.56 Å². The van der Waals surface area contributed by atoms with E-state index in [0.717, 1.165) is 48.8 Å². The zero-order valence-corrected chi connectivity index (χ0v) is 19.9. The van der Waals surface area contributed by atoms with Gasteiger partial charge in [0.2, 0.25) is 10.0 Å². The van der Waals surface area contributed by atoms with Crippen molar-refractivity contribution < 1.29 is 22.8 Å². The Bertz CT molecular complexity index is 1160. The number of hydrogen-bond acceptors (Lipinski definition) is 7. The van der Waals surface area contributed by atoms with Crippen molar-refractivity contribution in [3.8, 4) is 0 Å². The van der Waals surface area contributed by atoms with Gasteiger partial charge in [-0.3, -0.25) is 19.7 Å². The van der Waals surface area contributed by atoms with Gasteiger partial charge in [0.05, 0.1) is 24.2 Å². The number of carbonyl (C=O) groups is 3. The van der Waals surface area contributed by atoms with Gasteiger partial charge < -0.3 is 5.32 Å². The van der Waals surface area contributed by atoms with Crippen LogP contribution in [0.5, 0.6) is 0 Å². The van der Waals surface area contributed by atoms with Crippen LogP contribution in [-0.2, 0) is 26.2 Å². The van der Waals surface area contributed by atoms with Gasteiger partial charge in [0.25, 0.3) is 0 Å². The van der Waals surface area contributed by atoms with E-state index >= 15 is 0 Å². The second kappa shape index (κ2) is 10.1. The lowest BCUT2D eigenvalue weighted by Crippen LogP contribution is -2.30. The van der Waals surface area contributed by atoms with E-state index in [-0.39, 0.29) is 39.1 Å². The number of ketones is 1. The van der Waals surface area contributed by atoms with Crippen LogP contribution in [0.2, 0.25) is 4.34 Å². The van der Waals surface area contributed by atoms with Crippen LogP contribution in [0.25, 0.3) is 0 Å². The van der Waals surface area contributed by atoms with E-state index in [1.807, 2.05) is 6.92 Å². The van der Waals surface area contributed by atoms with E-state index in [4.69, 9.17) is 11.6 Å². The second-order valence-corrected chi connectivity index (χ2v) is 11.1. The molecule has 9 nitrogen and oxygen atoms in total. The molecule has 0 aliphatic heterocycles. The molecule has 0 radical (unpaired) electrons. The SMILES string of the molecule is Cc1ccc(NC(=O)C(=O)Nc2nc(CNS(C)(=O)=O)c(Cl)s2)c(C(=O)C2CCCC2)c1. The lowest BCUT2D eigenvalue weighted by molar-refractivity contribution is -0.133. The summed E-state index contributed by atoms with van der Waals surface area (Å²) in [6.07, 6.45) is 4.65. The molecule has 0 spiro atoms. The van der Waals surface area contributed by atoms with Gasteiger partial charge in [-0.15, -0.1) is 0 Å². The average molecular weight is 499 g/mol. The molecular formula is C20H23ClN4O5S2. The van der Waals surface area contributed by atoms with E-state index in [1.54, 1.807) is 18.2 Å². The Kier molecular flexibility index (Phi) is 7.65. The molecule has 1 aliphatic rings. The van der Waals surface area contributed by atoms with Gasteiger partial charge in [-0.2, -0.15) is 0 Å². The van der Waals surface area contributed by atoms with Crippen LogP contribution in [0.1, 0.15) is 47.3 Å². The molecule has 2 amide bonds. The first kappa shape index (κ1) is 24.3. The Balaban J connectivity index is 1.69. The van der Waals surface area contributed by atoms with Crippen molar-refractivity contribution in [2.75, 3.05) is 16.9 Å². The van der Waals surface area contributed by atoms with Crippen molar-refractivity contribution in [2.24, 2.45) is 5.92 Å². The predicted molar refractivity (Wildman–Crippen MR) is 124 cm³/mol. The Hall–Kier alpha value is -2.34. The maximum absolute atomic E-state index is 12.9. The van der Waals surface area contributed by atoms with E-state index in [2.05, 4.69) is 20.3 Å². The van der Waals surface area contributed by atoms with Crippen molar-refractivity contribution in [3.63, 3.8) is 0 Å². The van der Waals surface area contributed by atoms with Crippen LogP contribution < -0.4 is 15.4 Å². The molecule has 1 aromatic carbocycles. The molecule has 3 N–H and O–H groups in total. The highest BCUT2D eigenvalue weighted by atomic mass is 35.5. The Labute approximate surface area is 195 Å². The zero-order valence-electron chi connectivity index (χ0n) is 17.5. The van der Waals surface area contributed by atoms with Crippen LogP contribution in [0.15, 0.2) is 18.2 Å². The summed E-state index contributed by atoms with van der Waals surface area (Å²) in [6, 6.07) is 5.08. The zero-order chi connectivity index (χ0) is 23.5. The molecule has 0 unspecified atom stereocenters. The summed E-state index contributed by atoms with van der Waals surface area (Å²) in [4.78, 5) is 41.8. The smallest absolute Gasteiger partial charge is 0.315 e. The first-order chi connectivity index (χ1) is 15.0. The lowest BCUT2D eigenvalue weighted by atomic mass is 9.94. The number of benzene rings is 1. The Morgan fingerprint density at radius 3 is 2.47 bits per heavy atom. The molecule has 1 saturated carbocycles. The largest absolute Gasteiger partial charge is 0.317 e. The minimum Gasteiger partial charge on any atom is -0.317 e. The van der Waals surface area contributed by atoms with Gasteiger partial charge in [0.1, 0.15) is 4.34 Å². The highest BCUT2D eigenvalue weighted by Crippen LogP contribution is 2.31.